The number of benzene rings is 2. The van der Waals surface area contributed by atoms with Gasteiger partial charge < -0.3 is 4.74 Å². The predicted octanol–water partition coefficient (Wildman–Crippen LogP) is 4.82. The number of methoxy groups -OCH3 is 1. The van der Waals surface area contributed by atoms with Crippen LogP contribution in [0.15, 0.2) is 53.4 Å². The van der Waals surface area contributed by atoms with Crippen LogP contribution in [0, 0.1) is 6.92 Å². The molecule has 1 atom stereocenters. The third-order valence-corrected chi connectivity index (χ3v) is 5.14. The van der Waals surface area contributed by atoms with Gasteiger partial charge in [-0.2, -0.15) is 8.42 Å². The minimum absolute atomic E-state index is 0.0131. The molecule has 0 saturated heterocycles. The topological polar surface area (TPSA) is 52.6 Å². The fraction of sp³-hybridized carbons (Fsp3) is 0.250. The maximum absolute atomic E-state index is 12.5. The van der Waals surface area contributed by atoms with Crippen molar-refractivity contribution in [3.05, 3.63) is 59.7 Å². The molecule has 0 amide bonds. The van der Waals surface area contributed by atoms with Gasteiger partial charge in [0.05, 0.1) is 12.0 Å². The highest BCUT2D eigenvalue weighted by Gasteiger charge is 2.39. The van der Waals surface area contributed by atoms with Crippen LogP contribution >= 0.6 is 34.8 Å². The Kier molecular flexibility index (Phi) is 6.04. The van der Waals surface area contributed by atoms with E-state index in [1.165, 1.54) is 19.2 Å². The van der Waals surface area contributed by atoms with Crippen LogP contribution in [0.2, 0.25) is 0 Å². The SMILES string of the molecule is COc1ccc(C(OS(=O)(=O)c2ccc(C)cc2)C(Cl)(Cl)Cl)cc1. The number of halogens is 3. The Morgan fingerprint density at radius 3 is 1.96 bits per heavy atom. The van der Waals surface area contributed by atoms with E-state index in [-0.39, 0.29) is 4.90 Å². The van der Waals surface area contributed by atoms with Crippen molar-refractivity contribution >= 4 is 44.9 Å². The second-order valence-corrected chi connectivity index (χ2v) is 9.00. The van der Waals surface area contributed by atoms with Gasteiger partial charge in [0.15, 0.2) is 0 Å². The molecule has 8 heteroatoms. The standard InChI is InChI=1S/C16H15Cl3O4S/c1-11-3-9-14(10-4-11)24(20,21)23-15(16(17,18)19)12-5-7-13(22-2)8-6-12/h3-10,15H,1-2H3. The highest BCUT2D eigenvalue weighted by Crippen LogP contribution is 2.44. The Hall–Kier alpha value is -0.980. The molecule has 2 aromatic rings. The fourth-order valence-corrected chi connectivity index (χ4v) is 3.72. The van der Waals surface area contributed by atoms with Gasteiger partial charge in [-0.1, -0.05) is 64.6 Å². The minimum Gasteiger partial charge on any atom is -0.497 e. The zero-order valence-corrected chi connectivity index (χ0v) is 16.0. The molecule has 24 heavy (non-hydrogen) atoms. The summed E-state index contributed by atoms with van der Waals surface area (Å²) < 4.78 is 33.2. The molecule has 0 spiro atoms. The number of alkyl halides is 3. The van der Waals surface area contributed by atoms with E-state index in [9.17, 15) is 8.42 Å². The Balaban J connectivity index is 2.36. The van der Waals surface area contributed by atoms with E-state index >= 15 is 0 Å². The second kappa shape index (κ2) is 7.50. The summed E-state index contributed by atoms with van der Waals surface area (Å²) in [5, 5.41) is 0. The van der Waals surface area contributed by atoms with Crippen molar-refractivity contribution in [2.45, 2.75) is 21.7 Å². The number of ether oxygens (including phenoxy) is 1. The molecule has 0 fully saturated rings. The number of aryl methyl sites for hydroxylation is 1. The van der Waals surface area contributed by atoms with Gasteiger partial charge in [0, 0.05) is 0 Å². The first-order valence-electron chi connectivity index (χ1n) is 6.84. The number of hydrogen-bond donors (Lipinski definition) is 0. The molecule has 0 aliphatic heterocycles. The van der Waals surface area contributed by atoms with Gasteiger partial charge in [0.2, 0.25) is 3.79 Å². The molecule has 130 valence electrons. The third-order valence-electron chi connectivity index (χ3n) is 3.25. The second-order valence-electron chi connectivity index (χ2n) is 5.06. The van der Waals surface area contributed by atoms with Crippen LogP contribution in [0.25, 0.3) is 0 Å². The predicted molar refractivity (Wildman–Crippen MR) is 95.5 cm³/mol. The van der Waals surface area contributed by atoms with Crippen LogP contribution in [0.4, 0.5) is 0 Å². The van der Waals surface area contributed by atoms with Crippen molar-refractivity contribution in [2.24, 2.45) is 0 Å². The van der Waals surface area contributed by atoms with Gasteiger partial charge in [0.25, 0.3) is 10.1 Å². The van der Waals surface area contributed by atoms with Gasteiger partial charge in [0.1, 0.15) is 11.9 Å². The Morgan fingerprint density at radius 2 is 1.50 bits per heavy atom. The van der Waals surface area contributed by atoms with E-state index in [0.717, 1.165) is 5.56 Å². The van der Waals surface area contributed by atoms with Crippen molar-refractivity contribution in [1.29, 1.82) is 0 Å². The summed E-state index contributed by atoms with van der Waals surface area (Å²) in [6, 6.07) is 12.6. The summed E-state index contributed by atoms with van der Waals surface area (Å²) in [5.41, 5.74) is 1.31. The van der Waals surface area contributed by atoms with Crippen molar-refractivity contribution < 1.29 is 17.3 Å². The smallest absolute Gasteiger partial charge is 0.297 e. The van der Waals surface area contributed by atoms with Gasteiger partial charge >= 0.3 is 0 Å². The molecular formula is C16H15Cl3O4S. The largest absolute Gasteiger partial charge is 0.497 e. The lowest BCUT2D eigenvalue weighted by molar-refractivity contribution is 0.217. The van der Waals surface area contributed by atoms with Crippen LogP contribution in [-0.4, -0.2) is 19.3 Å². The first-order chi connectivity index (χ1) is 11.1. The lowest BCUT2D eigenvalue weighted by Crippen LogP contribution is -2.23. The van der Waals surface area contributed by atoms with Gasteiger partial charge in [-0.25, -0.2) is 0 Å². The number of hydrogen-bond acceptors (Lipinski definition) is 4. The fourth-order valence-electron chi connectivity index (χ4n) is 1.96. The molecule has 0 N–H and O–H groups in total. The monoisotopic (exact) mass is 408 g/mol. The molecule has 0 heterocycles. The molecule has 0 aromatic heterocycles. The summed E-state index contributed by atoms with van der Waals surface area (Å²) in [5.74, 6) is 0.586. The third kappa shape index (κ3) is 4.77. The zero-order valence-electron chi connectivity index (χ0n) is 12.9. The molecule has 2 aromatic carbocycles. The highest BCUT2D eigenvalue weighted by molar-refractivity contribution is 7.86. The molecule has 0 saturated carbocycles. The molecule has 0 radical (unpaired) electrons. The maximum atomic E-state index is 12.5. The molecular weight excluding hydrogens is 395 g/mol. The summed E-state index contributed by atoms with van der Waals surface area (Å²) in [6.07, 6.45) is -1.31. The zero-order chi connectivity index (χ0) is 18.0. The van der Waals surface area contributed by atoms with Crippen molar-refractivity contribution in [3.63, 3.8) is 0 Å². The molecule has 0 aliphatic rings. The molecule has 0 aliphatic carbocycles. The first-order valence-corrected chi connectivity index (χ1v) is 9.38. The van der Waals surface area contributed by atoms with Crippen molar-refractivity contribution in [3.8, 4) is 5.75 Å². The summed E-state index contributed by atoms with van der Waals surface area (Å²) >= 11 is 17.8. The normalized spacial score (nSPS) is 13.5. The van der Waals surface area contributed by atoms with E-state index in [2.05, 4.69) is 0 Å². The van der Waals surface area contributed by atoms with Crippen molar-refractivity contribution in [2.75, 3.05) is 7.11 Å². The lowest BCUT2D eigenvalue weighted by atomic mass is 10.1. The van der Waals surface area contributed by atoms with E-state index in [1.807, 2.05) is 6.92 Å². The van der Waals surface area contributed by atoms with Gasteiger partial charge in [-0.3, -0.25) is 4.18 Å². The van der Waals surface area contributed by atoms with E-state index in [0.29, 0.717) is 11.3 Å². The average molecular weight is 410 g/mol. The van der Waals surface area contributed by atoms with Crippen molar-refractivity contribution in [1.82, 2.24) is 0 Å². The molecule has 0 bridgehead atoms. The summed E-state index contributed by atoms with van der Waals surface area (Å²) in [6.45, 7) is 1.85. The van der Waals surface area contributed by atoms with Crippen LogP contribution < -0.4 is 4.74 Å². The summed E-state index contributed by atoms with van der Waals surface area (Å²) in [4.78, 5) is -0.0131. The summed E-state index contributed by atoms with van der Waals surface area (Å²) in [7, 11) is -2.59. The van der Waals surface area contributed by atoms with Gasteiger partial charge in [-0.05, 0) is 36.8 Å². The van der Waals surface area contributed by atoms with E-state index in [4.69, 9.17) is 43.7 Å². The molecule has 1 unspecified atom stereocenters. The van der Waals surface area contributed by atoms with E-state index in [1.54, 1.807) is 36.4 Å². The number of rotatable bonds is 5. The average Bonchev–Trinajstić information content (AvgIpc) is 2.52. The lowest BCUT2D eigenvalue weighted by Gasteiger charge is -2.24. The Bertz CT molecular complexity index is 782. The Labute approximate surface area is 156 Å². The van der Waals surface area contributed by atoms with Crippen LogP contribution in [0.5, 0.6) is 5.75 Å². The Morgan fingerprint density at radius 1 is 0.958 bits per heavy atom. The quantitative estimate of drug-likeness (QED) is 0.525. The van der Waals surface area contributed by atoms with Crippen LogP contribution in [0.1, 0.15) is 17.2 Å². The molecule has 4 nitrogen and oxygen atoms in total. The van der Waals surface area contributed by atoms with Gasteiger partial charge in [-0.15, -0.1) is 0 Å². The van der Waals surface area contributed by atoms with Crippen LogP contribution in [-0.2, 0) is 14.3 Å². The molecule has 2 rings (SSSR count). The first kappa shape index (κ1) is 19.3. The highest BCUT2D eigenvalue weighted by atomic mass is 35.6. The van der Waals surface area contributed by atoms with E-state index < -0.39 is 20.0 Å². The maximum Gasteiger partial charge on any atom is 0.297 e. The van der Waals surface area contributed by atoms with Crippen LogP contribution in [0.3, 0.4) is 0 Å². The minimum atomic E-state index is -4.11.